The van der Waals surface area contributed by atoms with Crippen molar-refractivity contribution in [1.29, 1.82) is 0 Å². The molecule has 0 spiro atoms. The average Bonchev–Trinajstić information content (AvgIpc) is 2.98. The normalized spacial score (nSPS) is 10.6. The third-order valence-electron chi connectivity index (χ3n) is 2.78. The Labute approximate surface area is 136 Å². The number of ether oxygens (including phenoxy) is 2. The fraction of sp³-hybridized carbons (Fsp3) is 0.333. The summed E-state index contributed by atoms with van der Waals surface area (Å²) < 4.78 is 34.4. The Kier molecular flexibility index (Phi) is 6.28. The summed E-state index contributed by atoms with van der Waals surface area (Å²) in [6.45, 7) is -0.290. The molecule has 2 rings (SSSR count). The van der Waals surface area contributed by atoms with Crippen molar-refractivity contribution in [3.05, 3.63) is 40.2 Å². The van der Waals surface area contributed by atoms with Crippen molar-refractivity contribution in [2.24, 2.45) is 0 Å². The Morgan fingerprint density at radius 1 is 1.43 bits per heavy atom. The van der Waals surface area contributed by atoms with Gasteiger partial charge in [0.25, 0.3) is 5.91 Å². The predicted octanol–water partition coefficient (Wildman–Crippen LogP) is 3.46. The molecule has 124 valence electrons. The maximum absolute atomic E-state index is 12.3. The van der Waals surface area contributed by atoms with E-state index < -0.39 is 12.5 Å². The molecule has 0 aliphatic heterocycles. The topological polar surface area (TPSA) is 60.5 Å². The van der Waals surface area contributed by atoms with E-state index >= 15 is 0 Å². The molecule has 1 amide bonds. The molecule has 0 radical (unpaired) electrons. The first-order chi connectivity index (χ1) is 11.1. The first-order valence-corrected chi connectivity index (χ1v) is 7.87. The van der Waals surface area contributed by atoms with Gasteiger partial charge in [0.1, 0.15) is 10.6 Å². The van der Waals surface area contributed by atoms with Gasteiger partial charge in [-0.1, -0.05) is 13.0 Å². The van der Waals surface area contributed by atoms with Gasteiger partial charge in [-0.3, -0.25) is 4.79 Å². The van der Waals surface area contributed by atoms with Crippen molar-refractivity contribution < 1.29 is 23.0 Å². The molecule has 0 aliphatic rings. The SMILES string of the molecule is CCCOc1ncccc1CNC(=O)c1sccc1OC(F)F. The maximum Gasteiger partial charge on any atom is 0.387 e. The van der Waals surface area contributed by atoms with Gasteiger partial charge in [0.05, 0.1) is 6.61 Å². The number of amides is 1. The summed E-state index contributed by atoms with van der Waals surface area (Å²) in [5.41, 5.74) is 0.710. The molecule has 0 saturated carbocycles. The van der Waals surface area contributed by atoms with Gasteiger partial charge in [-0.05, 0) is 23.9 Å². The molecule has 23 heavy (non-hydrogen) atoms. The molecule has 0 unspecified atom stereocenters. The fourth-order valence-corrected chi connectivity index (χ4v) is 2.53. The van der Waals surface area contributed by atoms with Crippen LogP contribution in [0.4, 0.5) is 8.78 Å². The van der Waals surface area contributed by atoms with E-state index in [2.05, 4.69) is 15.0 Å². The Hall–Kier alpha value is -2.22. The van der Waals surface area contributed by atoms with E-state index in [0.717, 1.165) is 17.8 Å². The van der Waals surface area contributed by atoms with Gasteiger partial charge >= 0.3 is 6.61 Å². The standard InChI is InChI=1S/C15H16F2N2O3S/c1-2-7-21-14-10(4-3-6-18-14)9-19-13(20)12-11(5-8-23-12)22-15(16)17/h3-6,8,15H,2,7,9H2,1H3,(H,19,20). The number of alkyl halides is 2. The maximum atomic E-state index is 12.3. The lowest BCUT2D eigenvalue weighted by molar-refractivity contribution is -0.0498. The number of halogens is 2. The van der Waals surface area contributed by atoms with Gasteiger partial charge in [-0.25, -0.2) is 4.98 Å². The van der Waals surface area contributed by atoms with Gasteiger partial charge in [-0.2, -0.15) is 8.78 Å². The molecule has 0 fully saturated rings. The number of nitrogens with zero attached hydrogens (tertiary/aromatic N) is 1. The zero-order valence-electron chi connectivity index (χ0n) is 12.4. The lowest BCUT2D eigenvalue weighted by atomic mass is 10.2. The molecule has 8 heteroatoms. The molecule has 2 aromatic rings. The quantitative estimate of drug-likeness (QED) is 0.798. The van der Waals surface area contributed by atoms with E-state index in [-0.39, 0.29) is 17.2 Å². The van der Waals surface area contributed by atoms with Crippen molar-refractivity contribution in [3.8, 4) is 11.6 Å². The van der Waals surface area contributed by atoms with Crippen molar-refractivity contribution in [2.45, 2.75) is 26.5 Å². The molecular formula is C15H16F2N2O3S. The van der Waals surface area contributed by atoms with Crippen LogP contribution in [0.3, 0.4) is 0 Å². The molecule has 0 aromatic carbocycles. The lowest BCUT2D eigenvalue weighted by Gasteiger charge is -2.10. The second-order valence-corrected chi connectivity index (χ2v) is 5.41. The zero-order valence-corrected chi connectivity index (χ0v) is 13.2. The fourth-order valence-electron chi connectivity index (χ4n) is 1.79. The summed E-state index contributed by atoms with van der Waals surface area (Å²) in [6.07, 6.45) is 2.44. The van der Waals surface area contributed by atoms with E-state index in [1.165, 1.54) is 11.4 Å². The van der Waals surface area contributed by atoms with E-state index in [4.69, 9.17) is 4.74 Å². The van der Waals surface area contributed by atoms with Crippen LogP contribution in [0.25, 0.3) is 0 Å². The smallest absolute Gasteiger partial charge is 0.387 e. The Morgan fingerprint density at radius 2 is 2.26 bits per heavy atom. The third kappa shape index (κ3) is 4.88. The van der Waals surface area contributed by atoms with Crippen LogP contribution in [0.15, 0.2) is 29.8 Å². The summed E-state index contributed by atoms with van der Waals surface area (Å²) in [5.74, 6) is -0.165. The van der Waals surface area contributed by atoms with Gasteiger partial charge in [0.15, 0.2) is 0 Å². The first kappa shape index (κ1) is 17.1. The molecule has 2 aromatic heterocycles. The molecule has 5 nitrogen and oxygen atoms in total. The van der Waals surface area contributed by atoms with E-state index in [0.29, 0.717) is 18.1 Å². The Bertz CT molecular complexity index is 649. The van der Waals surface area contributed by atoms with Crippen LogP contribution in [0.5, 0.6) is 11.6 Å². The summed E-state index contributed by atoms with van der Waals surface area (Å²) in [6, 6.07) is 4.85. The van der Waals surface area contributed by atoms with Gasteiger partial charge in [-0.15, -0.1) is 11.3 Å². The molecule has 0 bridgehead atoms. The van der Waals surface area contributed by atoms with Crippen molar-refractivity contribution in [1.82, 2.24) is 10.3 Å². The number of rotatable bonds is 8. The van der Waals surface area contributed by atoms with Crippen molar-refractivity contribution in [3.63, 3.8) is 0 Å². The predicted molar refractivity (Wildman–Crippen MR) is 82.1 cm³/mol. The van der Waals surface area contributed by atoms with Crippen LogP contribution in [-0.4, -0.2) is 24.1 Å². The second kappa shape index (κ2) is 8.42. The molecule has 1 N–H and O–H groups in total. The highest BCUT2D eigenvalue weighted by atomic mass is 32.1. The number of nitrogens with one attached hydrogen (secondary N) is 1. The van der Waals surface area contributed by atoms with Crippen molar-refractivity contribution in [2.75, 3.05) is 6.61 Å². The number of carbonyl (C=O) groups is 1. The van der Waals surface area contributed by atoms with Gasteiger partial charge in [0.2, 0.25) is 5.88 Å². The average molecular weight is 342 g/mol. The summed E-state index contributed by atoms with van der Waals surface area (Å²) in [4.78, 5) is 16.3. The first-order valence-electron chi connectivity index (χ1n) is 6.99. The number of hydrogen-bond acceptors (Lipinski definition) is 5. The number of thiophene rings is 1. The van der Waals surface area contributed by atoms with Crippen LogP contribution in [0.1, 0.15) is 28.6 Å². The second-order valence-electron chi connectivity index (χ2n) is 4.49. The number of aromatic nitrogens is 1. The Morgan fingerprint density at radius 3 is 3.00 bits per heavy atom. The Balaban J connectivity index is 2.01. The number of carbonyl (C=O) groups excluding carboxylic acids is 1. The van der Waals surface area contributed by atoms with Crippen LogP contribution >= 0.6 is 11.3 Å². The van der Waals surface area contributed by atoms with Crippen LogP contribution in [-0.2, 0) is 6.54 Å². The minimum atomic E-state index is -2.97. The minimum Gasteiger partial charge on any atom is -0.477 e. The highest BCUT2D eigenvalue weighted by Gasteiger charge is 2.17. The highest BCUT2D eigenvalue weighted by molar-refractivity contribution is 7.12. The van der Waals surface area contributed by atoms with Crippen molar-refractivity contribution >= 4 is 17.2 Å². The van der Waals surface area contributed by atoms with E-state index in [1.54, 1.807) is 18.3 Å². The van der Waals surface area contributed by atoms with E-state index in [9.17, 15) is 13.6 Å². The largest absolute Gasteiger partial charge is 0.477 e. The summed E-state index contributed by atoms with van der Waals surface area (Å²) in [7, 11) is 0. The highest BCUT2D eigenvalue weighted by Crippen LogP contribution is 2.26. The molecule has 2 heterocycles. The van der Waals surface area contributed by atoms with Gasteiger partial charge in [0, 0.05) is 18.3 Å². The summed E-state index contributed by atoms with van der Waals surface area (Å²) >= 11 is 1.04. The molecule has 0 aliphatic carbocycles. The van der Waals surface area contributed by atoms with Crippen LogP contribution in [0.2, 0.25) is 0 Å². The van der Waals surface area contributed by atoms with Crippen LogP contribution < -0.4 is 14.8 Å². The van der Waals surface area contributed by atoms with E-state index in [1.807, 2.05) is 6.92 Å². The van der Waals surface area contributed by atoms with Gasteiger partial charge < -0.3 is 14.8 Å². The molecular weight excluding hydrogens is 326 g/mol. The third-order valence-corrected chi connectivity index (χ3v) is 3.68. The number of pyridine rings is 1. The molecule has 0 atom stereocenters. The van der Waals surface area contributed by atoms with Crippen LogP contribution in [0, 0.1) is 0 Å². The lowest BCUT2D eigenvalue weighted by Crippen LogP contribution is -2.23. The molecule has 0 saturated heterocycles. The number of hydrogen-bond donors (Lipinski definition) is 1. The minimum absolute atomic E-state index is 0.102. The summed E-state index contributed by atoms with van der Waals surface area (Å²) in [5, 5.41) is 4.18. The monoisotopic (exact) mass is 342 g/mol. The zero-order chi connectivity index (χ0) is 16.7.